The van der Waals surface area contributed by atoms with Crippen LogP contribution in [0.25, 0.3) is 0 Å². The van der Waals surface area contributed by atoms with Crippen LogP contribution in [0.3, 0.4) is 0 Å². The number of carbonyl (C=O) groups excluding carboxylic acids is 3. The Bertz CT molecular complexity index is 709. The molecule has 1 aromatic rings. The van der Waals surface area contributed by atoms with Gasteiger partial charge in [0.15, 0.2) is 5.60 Å². The Hall–Kier alpha value is -2.57. The Morgan fingerprint density at radius 3 is 2.56 bits per heavy atom. The summed E-state index contributed by atoms with van der Waals surface area (Å²) in [6.07, 6.45) is 0.0309. The maximum atomic E-state index is 12.3. The lowest BCUT2D eigenvalue weighted by Crippen LogP contribution is -2.58. The topological polar surface area (TPSA) is 76.2 Å². The second-order valence-corrected chi connectivity index (χ2v) is 6.77. The Labute approximate surface area is 146 Å². The molecule has 0 radical (unpaired) electrons. The van der Waals surface area contributed by atoms with Gasteiger partial charge in [-0.15, -0.1) is 0 Å². The quantitative estimate of drug-likeness (QED) is 0.809. The van der Waals surface area contributed by atoms with E-state index in [4.69, 9.17) is 9.47 Å². The highest BCUT2D eigenvalue weighted by atomic mass is 16.6. The predicted molar refractivity (Wildman–Crippen MR) is 89.1 cm³/mol. The fraction of sp³-hybridized carbons (Fsp3) is 0.500. The lowest BCUT2D eigenvalue weighted by molar-refractivity contribution is -0.145. The van der Waals surface area contributed by atoms with Crippen LogP contribution >= 0.6 is 0 Å². The van der Waals surface area contributed by atoms with Gasteiger partial charge in [0.05, 0.1) is 13.1 Å². The summed E-state index contributed by atoms with van der Waals surface area (Å²) in [5.74, 6) is 0.0600. The molecule has 0 bridgehead atoms. The predicted octanol–water partition coefficient (Wildman–Crippen LogP) is 1.60. The Morgan fingerprint density at radius 1 is 1.28 bits per heavy atom. The van der Waals surface area contributed by atoms with E-state index in [1.165, 1.54) is 13.8 Å². The standard InChI is InChI=1S/C18H22N2O5/c1-4-12-7-5-6-8-14(12)24-13-9-19(10-13)15(21)11-20-16(22)18(2,3)25-17(20)23/h5-8,13H,4,9-11H2,1-3H3. The number of rotatable bonds is 5. The van der Waals surface area contributed by atoms with Gasteiger partial charge in [0.1, 0.15) is 18.4 Å². The fourth-order valence-electron chi connectivity index (χ4n) is 2.90. The number of benzene rings is 1. The van der Waals surface area contributed by atoms with Crippen molar-refractivity contribution in [3.63, 3.8) is 0 Å². The largest absolute Gasteiger partial charge is 0.486 e. The van der Waals surface area contributed by atoms with Crippen LogP contribution < -0.4 is 4.74 Å². The molecule has 0 unspecified atom stereocenters. The summed E-state index contributed by atoms with van der Waals surface area (Å²) in [4.78, 5) is 38.5. The first-order valence-electron chi connectivity index (χ1n) is 8.39. The fourth-order valence-corrected chi connectivity index (χ4v) is 2.90. The number of cyclic esters (lactones) is 1. The Balaban J connectivity index is 1.52. The van der Waals surface area contributed by atoms with Gasteiger partial charge in [-0.05, 0) is 31.9 Å². The minimum absolute atomic E-state index is 0.0747. The first kappa shape index (κ1) is 17.3. The van der Waals surface area contributed by atoms with Crippen molar-refractivity contribution in [2.45, 2.75) is 38.9 Å². The molecule has 0 spiro atoms. The van der Waals surface area contributed by atoms with Crippen LogP contribution in [0.2, 0.25) is 0 Å². The number of aryl methyl sites for hydroxylation is 1. The highest BCUT2D eigenvalue weighted by molar-refractivity contribution is 6.04. The van der Waals surface area contributed by atoms with Crippen LogP contribution in [0.5, 0.6) is 5.75 Å². The van der Waals surface area contributed by atoms with Gasteiger partial charge in [-0.3, -0.25) is 9.59 Å². The van der Waals surface area contributed by atoms with Gasteiger partial charge in [-0.1, -0.05) is 25.1 Å². The van der Waals surface area contributed by atoms with Gasteiger partial charge in [0.2, 0.25) is 5.91 Å². The summed E-state index contributed by atoms with van der Waals surface area (Å²) in [5, 5.41) is 0. The molecule has 2 heterocycles. The van der Waals surface area contributed by atoms with E-state index in [0.29, 0.717) is 13.1 Å². The molecule has 0 aromatic heterocycles. The zero-order valence-electron chi connectivity index (χ0n) is 14.7. The molecule has 25 heavy (non-hydrogen) atoms. The van der Waals surface area contributed by atoms with Crippen LogP contribution in [-0.4, -0.2) is 59.0 Å². The minimum atomic E-state index is -1.21. The van der Waals surface area contributed by atoms with E-state index >= 15 is 0 Å². The lowest BCUT2D eigenvalue weighted by atomic mass is 10.1. The number of ether oxygens (including phenoxy) is 2. The second-order valence-electron chi connectivity index (χ2n) is 6.77. The normalized spacial score (nSPS) is 19.6. The van der Waals surface area contributed by atoms with E-state index < -0.39 is 17.6 Å². The molecular weight excluding hydrogens is 324 g/mol. The van der Waals surface area contributed by atoms with Crippen LogP contribution in [-0.2, 0) is 20.7 Å². The summed E-state index contributed by atoms with van der Waals surface area (Å²) in [7, 11) is 0. The minimum Gasteiger partial charge on any atom is -0.486 e. The van der Waals surface area contributed by atoms with E-state index in [1.807, 2.05) is 24.3 Å². The molecule has 3 amide bonds. The molecule has 0 aliphatic carbocycles. The van der Waals surface area contributed by atoms with E-state index in [9.17, 15) is 14.4 Å². The lowest BCUT2D eigenvalue weighted by Gasteiger charge is -2.39. The molecule has 2 saturated heterocycles. The molecule has 2 aliphatic rings. The molecule has 3 rings (SSSR count). The van der Waals surface area contributed by atoms with E-state index in [2.05, 4.69) is 6.92 Å². The smallest absolute Gasteiger partial charge is 0.418 e. The van der Waals surface area contributed by atoms with Gasteiger partial charge in [-0.25, -0.2) is 9.69 Å². The van der Waals surface area contributed by atoms with Gasteiger partial charge in [-0.2, -0.15) is 0 Å². The highest BCUT2D eigenvalue weighted by Gasteiger charge is 2.48. The first-order chi connectivity index (χ1) is 11.8. The summed E-state index contributed by atoms with van der Waals surface area (Å²) in [6, 6.07) is 7.83. The van der Waals surface area contributed by atoms with E-state index in [1.54, 1.807) is 4.90 Å². The number of hydrogen-bond acceptors (Lipinski definition) is 5. The van der Waals surface area contributed by atoms with Crippen molar-refractivity contribution in [1.82, 2.24) is 9.80 Å². The molecular formula is C18H22N2O5. The third kappa shape index (κ3) is 3.31. The summed E-state index contributed by atoms with van der Waals surface area (Å²) in [6.45, 7) is 5.67. The molecule has 2 aliphatic heterocycles. The number of imide groups is 1. The van der Waals surface area contributed by atoms with Crippen LogP contribution in [0, 0.1) is 0 Å². The Kier molecular flexibility index (Phi) is 4.41. The zero-order valence-corrected chi connectivity index (χ0v) is 14.7. The number of carbonyl (C=O) groups is 3. The SMILES string of the molecule is CCc1ccccc1OC1CN(C(=O)CN2C(=O)OC(C)(C)C2=O)C1. The van der Waals surface area contributed by atoms with Crippen LogP contribution in [0.1, 0.15) is 26.3 Å². The van der Waals surface area contributed by atoms with Crippen molar-refractivity contribution in [3.8, 4) is 5.75 Å². The van der Waals surface area contributed by atoms with Crippen LogP contribution in [0.4, 0.5) is 4.79 Å². The van der Waals surface area contributed by atoms with Crippen molar-refractivity contribution < 1.29 is 23.9 Å². The monoisotopic (exact) mass is 346 g/mol. The molecule has 1 aromatic carbocycles. The van der Waals surface area contributed by atoms with Gasteiger partial charge in [0, 0.05) is 0 Å². The van der Waals surface area contributed by atoms with Gasteiger partial charge >= 0.3 is 6.09 Å². The molecule has 0 atom stereocenters. The average molecular weight is 346 g/mol. The molecule has 0 saturated carbocycles. The molecule has 0 N–H and O–H groups in total. The van der Waals surface area contributed by atoms with Crippen LogP contribution in [0.15, 0.2) is 24.3 Å². The zero-order chi connectivity index (χ0) is 18.2. The summed E-state index contributed by atoms with van der Waals surface area (Å²) >= 11 is 0. The second kappa shape index (κ2) is 6.38. The number of amides is 3. The average Bonchev–Trinajstić information content (AvgIpc) is 2.72. The first-order valence-corrected chi connectivity index (χ1v) is 8.39. The van der Waals surface area contributed by atoms with E-state index in [-0.39, 0.29) is 18.6 Å². The van der Waals surface area contributed by atoms with Crippen molar-refractivity contribution >= 4 is 17.9 Å². The highest BCUT2D eigenvalue weighted by Crippen LogP contribution is 2.25. The van der Waals surface area contributed by atoms with Crippen molar-refractivity contribution in [2.75, 3.05) is 19.6 Å². The molecule has 134 valence electrons. The van der Waals surface area contributed by atoms with Gasteiger partial charge < -0.3 is 14.4 Å². The summed E-state index contributed by atoms with van der Waals surface area (Å²) < 4.78 is 10.9. The number of para-hydroxylation sites is 1. The van der Waals surface area contributed by atoms with Crippen molar-refractivity contribution in [2.24, 2.45) is 0 Å². The number of nitrogens with zero attached hydrogens (tertiary/aromatic N) is 2. The maximum Gasteiger partial charge on any atom is 0.418 e. The third-order valence-corrected chi connectivity index (χ3v) is 4.46. The van der Waals surface area contributed by atoms with Crippen molar-refractivity contribution in [1.29, 1.82) is 0 Å². The Morgan fingerprint density at radius 2 is 1.96 bits per heavy atom. The maximum absolute atomic E-state index is 12.3. The number of hydrogen-bond donors (Lipinski definition) is 0. The van der Waals surface area contributed by atoms with Crippen molar-refractivity contribution in [3.05, 3.63) is 29.8 Å². The summed E-state index contributed by atoms with van der Waals surface area (Å²) in [5.41, 5.74) is -0.0816. The van der Waals surface area contributed by atoms with E-state index in [0.717, 1.165) is 22.6 Å². The molecule has 2 fully saturated rings. The van der Waals surface area contributed by atoms with Gasteiger partial charge in [0.25, 0.3) is 5.91 Å². The third-order valence-electron chi connectivity index (χ3n) is 4.46. The molecule has 7 heteroatoms. The number of likely N-dealkylation sites (tertiary alicyclic amines) is 1. The molecule has 7 nitrogen and oxygen atoms in total.